The lowest BCUT2D eigenvalue weighted by Gasteiger charge is -2.18. The number of hydrogen-bond acceptors (Lipinski definition) is 5. The Bertz CT molecular complexity index is 1390. The number of nitriles is 1. The molecule has 0 saturated heterocycles. The first-order valence-corrected chi connectivity index (χ1v) is 10.2. The maximum absolute atomic E-state index is 12.9. The minimum atomic E-state index is -0.863. The zero-order valence-corrected chi connectivity index (χ0v) is 17.8. The monoisotopic (exact) mass is 439 g/mol. The van der Waals surface area contributed by atoms with Gasteiger partial charge in [0.2, 0.25) is 0 Å². The third-order valence-corrected chi connectivity index (χ3v) is 5.42. The van der Waals surface area contributed by atoms with E-state index in [9.17, 15) is 14.7 Å². The molecule has 3 aromatic carbocycles. The van der Waals surface area contributed by atoms with Gasteiger partial charge in [-0.25, -0.2) is 4.98 Å². The number of carbonyl (C=O) groups excluding carboxylic acids is 2. The molecule has 0 radical (unpaired) electrons. The van der Waals surface area contributed by atoms with Gasteiger partial charge in [0.25, 0.3) is 11.8 Å². The average Bonchev–Trinajstić information content (AvgIpc) is 3.21. The van der Waals surface area contributed by atoms with Gasteiger partial charge in [-0.3, -0.25) is 9.59 Å². The highest BCUT2D eigenvalue weighted by atomic mass is 16.3. The van der Waals surface area contributed by atoms with Crippen LogP contribution in [0.2, 0.25) is 0 Å². The van der Waals surface area contributed by atoms with E-state index in [0.717, 1.165) is 0 Å². The minimum absolute atomic E-state index is 0.0211. The van der Waals surface area contributed by atoms with Gasteiger partial charge in [-0.15, -0.1) is 0 Å². The molecule has 33 heavy (non-hydrogen) atoms. The van der Waals surface area contributed by atoms with Crippen LogP contribution in [0.5, 0.6) is 0 Å². The Labute approximate surface area is 190 Å². The van der Waals surface area contributed by atoms with E-state index in [1.54, 1.807) is 60.1 Å². The number of imidazole rings is 1. The number of anilines is 1. The molecule has 1 aromatic heterocycles. The number of nitrogens with two attached hydrogens (primary N) is 1. The molecule has 1 atom stereocenters. The topological polar surface area (TPSA) is 125 Å². The molecule has 4 aromatic rings. The van der Waals surface area contributed by atoms with Crippen molar-refractivity contribution in [1.82, 2.24) is 9.55 Å². The molecule has 2 amide bonds. The molecule has 0 bridgehead atoms. The summed E-state index contributed by atoms with van der Waals surface area (Å²) in [6.07, 6.45) is -0.863. The number of rotatable bonds is 6. The number of carbonyl (C=O) groups is 2. The first kappa shape index (κ1) is 21.7. The highest BCUT2D eigenvalue weighted by Gasteiger charge is 2.21. The fourth-order valence-corrected chi connectivity index (χ4v) is 3.69. The van der Waals surface area contributed by atoms with E-state index in [2.05, 4.69) is 4.98 Å². The van der Waals surface area contributed by atoms with Crippen LogP contribution in [0.25, 0.3) is 11.0 Å². The van der Waals surface area contributed by atoms with E-state index in [1.165, 1.54) is 11.0 Å². The number of aliphatic hydroxyl groups is 1. The van der Waals surface area contributed by atoms with Crippen LogP contribution in [0.15, 0.2) is 72.8 Å². The number of amides is 2. The highest BCUT2D eigenvalue weighted by Crippen LogP contribution is 2.26. The molecule has 0 fully saturated rings. The normalized spacial score (nSPS) is 11.7. The summed E-state index contributed by atoms with van der Waals surface area (Å²) in [5, 5.41) is 19.8. The fourth-order valence-electron chi connectivity index (χ4n) is 3.69. The number of fused-ring (bicyclic) bond motifs is 1. The minimum Gasteiger partial charge on any atom is -0.387 e. The van der Waals surface area contributed by atoms with Crippen molar-refractivity contribution in [1.29, 1.82) is 5.26 Å². The summed E-state index contributed by atoms with van der Waals surface area (Å²) in [6.45, 7) is 0.0911. The van der Waals surface area contributed by atoms with Gasteiger partial charge in [-0.05, 0) is 42.0 Å². The zero-order valence-electron chi connectivity index (χ0n) is 17.8. The molecule has 8 nitrogen and oxygen atoms in total. The Balaban J connectivity index is 1.68. The fraction of sp³-hybridized carbons (Fsp3) is 0.120. The third-order valence-electron chi connectivity index (χ3n) is 5.42. The van der Waals surface area contributed by atoms with Gasteiger partial charge < -0.3 is 20.3 Å². The Morgan fingerprint density at radius 1 is 1.12 bits per heavy atom. The first-order valence-electron chi connectivity index (χ1n) is 10.2. The molecule has 164 valence electrons. The van der Waals surface area contributed by atoms with E-state index in [4.69, 9.17) is 11.0 Å². The molecule has 0 saturated carbocycles. The molecule has 0 unspecified atom stereocenters. The SMILES string of the molecule is CN(C(=O)c1cccc(C#N)c1)c1ccc2c(c1)nc(C(N)=O)n2C[C@H](O)c1ccccc1. The lowest BCUT2D eigenvalue weighted by atomic mass is 10.1. The maximum atomic E-state index is 12.9. The molecule has 4 rings (SSSR count). The van der Waals surface area contributed by atoms with Crippen molar-refractivity contribution in [2.24, 2.45) is 5.73 Å². The van der Waals surface area contributed by atoms with Crippen LogP contribution in [0.3, 0.4) is 0 Å². The second kappa shape index (κ2) is 8.94. The van der Waals surface area contributed by atoms with E-state index in [0.29, 0.717) is 33.4 Å². The number of hydrogen-bond donors (Lipinski definition) is 2. The molecule has 0 spiro atoms. The molecule has 0 aliphatic rings. The van der Waals surface area contributed by atoms with Crippen molar-refractivity contribution in [2.75, 3.05) is 11.9 Å². The van der Waals surface area contributed by atoms with Crippen molar-refractivity contribution in [3.63, 3.8) is 0 Å². The average molecular weight is 439 g/mol. The molecule has 0 aliphatic heterocycles. The van der Waals surface area contributed by atoms with Gasteiger partial charge in [0.1, 0.15) is 0 Å². The van der Waals surface area contributed by atoms with Gasteiger partial charge in [0.15, 0.2) is 5.82 Å². The van der Waals surface area contributed by atoms with Crippen LogP contribution in [0, 0.1) is 11.3 Å². The van der Waals surface area contributed by atoms with Crippen molar-refractivity contribution >= 4 is 28.5 Å². The molecule has 1 heterocycles. The summed E-state index contributed by atoms with van der Waals surface area (Å²) in [5.74, 6) is -0.987. The van der Waals surface area contributed by atoms with Crippen molar-refractivity contribution in [2.45, 2.75) is 12.6 Å². The number of aliphatic hydroxyl groups excluding tert-OH is 1. The van der Waals surface area contributed by atoms with Crippen molar-refractivity contribution < 1.29 is 14.7 Å². The smallest absolute Gasteiger partial charge is 0.284 e. The van der Waals surface area contributed by atoms with Crippen LogP contribution in [-0.2, 0) is 6.54 Å². The molecule has 0 aliphatic carbocycles. The van der Waals surface area contributed by atoms with E-state index in [1.807, 2.05) is 24.3 Å². The summed E-state index contributed by atoms with van der Waals surface area (Å²) in [7, 11) is 1.62. The molecule has 3 N–H and O–H groups in total. The van der Waals surface area contributed by atoms with Crippen LogP contribution < -0.4 is 10.6 Å². The predicted molar refractivity (Wildman–Crippen MR) is 124 cm³/mol. The maximum Gasteiger partial charge on any atom is 0.284 e. The van der Waals surface area contributed by atoms with Gasteiger partial charge in [0, 0.05) is 18.3 Å². The third kappa shape index (κ3) is 4.31. The van der Waals surface area contributed by atoms with Crippen molar-refractivity contribution in [3.05, 3.63) is 95.3 Å². The zero-order chi connectivity index (χ0) is 23.5. The Morgan fingerprint density at radius 3 is 2.58 bits per heavy atom. The summed E-state index contributed by atoms with van der Waals surface area (Å²) in [5.41, 5.74) is 8.65. The number of benzene rings is 3. The van der Waals surface area contributed by atoms with Crippen LogP contribution in [-0.4, -0.2) is 33.5 Å². The van der Waals surface area contributed by atoms with Crippen LogP contribution >= 0.6 is 0 Å². The molecular weight excluding hydrogens is 418 g/mol. The van der Waals surface area contributed by atoms with Gasteiger partial charge in [-0.1, -0.05) is 36.4 Å². The Hall–Kier alpha value is -4.48. The lowest BCUT2D eigenvalue weighted by molar-refractivity contribution is 0.0976. The quantitative estimate of drug-likeness (QED) is 0.478. The summed E-state index contributed by atoms with van der Waals surface area (Å²) in [6, 6.07) is 22.7. The summed E-state index contributed by atoms with van der Waals surface area (Å²) in [4.78, 5) is 30.8. The van der Waals surface area contributed by atoms with E-state index < -0.39 is 12.0 Å². The Kier molecular flexibility index (Phi) is 5.89. The number of nitrogens with zero attached hydrogens (tertiary/aromatic N) is 4. The predicted octanol–water partition coefficient (Wildman–Crippen LogP) is 3.02. The Morgan fingerprint density at radius 2 is 1.88 bits per heavy atom. The standard InChI is InChI=1S/C25H21N5O3/c1-29(25(33)18-9-5-6-16(12-18)14-26)19-10-11-21-20(13-19)28-24(23(27)32)30(21)15-22(31)17-7-3-2-4-8-17/h2-13,22,31H,15H2,1H3,(H2,27,32)/t22-/m0/s1. The number of aromatic nitrogens is 2. The van der Waals surface area contributed by atoms with Gasteiger partial charge in [-0.2, -0.15) is 5.26 Å². The second-order valence-corrected chi connectivity index (χ2v) is 7.57. The molecule has 8 heteroatoms. The largest absolute Gasteiger partial charge is 0.387 e. The van der Waals surface area contributed by atoms with E-state index >= 15 is 0 Å². The second-order valence-electron chi connectivity index (χ2n) is 7.57. The highest BCUT2D eigenvalue weighted by molar-refractivity contribution is 6.06. The van der Waals surface area contributed by atoms with E-state index in [-0.39, 0.29) is 18.3 Å². The summed E-state index contributed by atoms with van der Waals surface area (Å²) >= 11 is 0. The molecular formula is C25H21N5O3. The van der Waals surface area contributed by atoms with Crippen molar-refractivity contribution in [3.8, 4) is 6.07 Å². The lowest BCUT2D eigenvalue weighted by Crippen LogP contribution is -2.26. The van der Waals surface area contributed by atoms with Gasteiger partial charge >= 0.3 is 0 Å². The van der Waals surface area contributed by atoms with Crippen LogP contribution in [0.1, 0.15) is 38.2 Å². The summed E-state index contributed by atoms with van der Waals surface area (Å²) < 4.78 is 1.58. The van der Waals surface area contributed by atoms with Gasteiger partial charge in [0.05, 0.1) is 35.3 Å². The van der Waals surface area contributed by atoms with Crippen LogP contribution in [0.4, 0.5) is 5.69 Å². The first-order chi connectivity index (χ1) is 15.9. The number of primary amides is 1.